The third-order valence-electron chi connectivity index (χ3n) is 3.68. The topological polar surface area (TPSA) is 69.6 Å². The molecule has 5 heteroatoms. The van der Waals surface area contributed by atoms with Gasteiger partial charge in [-0.2, -0.15) is 0 Å². The second-order valence-electron chi connectivity index (χ2n) is 4.94. The number of nitrogens with one attached hydrogen (secondary N) is 1. The number of rotatable bonds is 5. The molecule has 2 rings (SSSR count). The van der Waals surface area contributed by atoms with Crippen LogP contribution in [0.4, 0.5) is 0 Å². The predicted octanol–water partition coefficient (Wildman–Crippen LogP) is 1.20. The number of nitrogens with zero attached hydrogens (tertiary/aromatic N) is 1. The van der Waals surface area contributed by atoms with Crippen LogP contribution in [-0.2, 0) is 16.1 Å². The Morgan fingerprint density at radius 2 is 2.15 bits per heavy atom. The fraction of sp³-hybridized carbons (Fsp3) is 0.467. The quantitative estimate of drug-likeness (QED) is 0.847. The Labute approximate surface area is 118 Å². The lowest BCUT2D eigenvalue weighted by Crippen LogP contribution is -2.42. The van der Waals surface area contributed by atoms with Gasteiger partial charge >= 0.3 is 5.97 Å². The Morgan fingerprint density at radius 1 is 1.40 bits per heavy atom. The van der Waals surface area contributed by atoms with E-state index in [-0.39, 0.29) is 24.8 Å². The summed E-state index contributed by atoms with van der Waals surface area (Å²) in [5, 5.41) is 12.0. The first-order valence-electron chi connectivity index (χ1n) is 6.92. The fourth-order valence-electron chi connectivity index (χ4n) is 2.59. The number of amides is 1. The maximum absolute atomic E-state index is 12.6. The van der Waals surface area contributed by atoms with Gasteiger partial charge in [-0.25, -0.2) is 0 Å². The van der Waals surface area contributed by atoms with Gasteiger partial charge in [-0.05, 0) is 18.1 Å². The highest BCUT2D eigenvalue weighted by Crippen LogP contribution is 2.25. The summed E-state index contributed by atoms with van der Waals surface area (Å²) in [5.74, 6) is -1.08. The summed E-state index contributed by atoms with van der Waals surface area (Å²) in [5.41, 5.74) is 2.21. The van der Waals surface area contributed by atoms with Gasteiger partial charge in [0.05, 0.1) is 12.3 Å². The second-order valence-corrected chi connectivity index (χ2v) is 4.94. The molecule has 0 radical (unpaired) electrons. The Kier molecular flexibility index (Phi) is 4.74. The number of carbonyl (C=O) groups is 2. The number of carbonyl (C=O) groups excluding carboxylic acids is 1. The molecule has 1 aromatic rings. The average Bonchev–Trinajstić information content (AvgIpc) is 2.46. The summed E-state index contributed by atoms with van der Waals surface area (Å²) >= 11 is 0. The lowest BCUT2D eigenvalue weighted by atomic mass is 9.89. The molecule has 1 aliphatic rings. The van der Waals surface area contributed by atoms with Crippen molar-refractivity contribution in [2.45, 2.75) is 25.8 Å². The van der Waals surface area contributed by atoms with Crippen molar-refractivity contribution in [2.24, 2.45) is 0 Å². The molecule has 20 heavy (non-hydrogen) atoms. The first-order valence-corrected chi connectivity index (χ1v) is 6.92. The molecule has 0 fully saturated rings. The minimum Gasteiger partial charge on any atom is -0.481 e. The third-order valence-corrected chi connectivity index (χ3v) is 3.68. The molecule has 0 bridgehead atoms. The van der Waals surface area contributed by atoms with Crippen molar-refractivity contribution in [3.8, 4) is 0 Å². The van der Waals surface area contributed by atoms with Gasteiger partial charge in [-0.3, -0.25) is 9.59 Å². The molecular weight excluding hydrogens is 256 g/mol. The molecule has 0 saturated carbocycles. The van der Waals surface area contributed by atoms with E-state index >= 15 is 0 Å². The predicted molar refractivity (Wildman–Crippen MR) is 75.4 cm³/mol. The van der Waals surface area contributed by atoms with Gasteiger partial charge in [-0.15, -0.1) is 0 Å². The molecule has 1 unspecified atom stereocenters. The molecule has 0 spiro atoms. The van der Waals surface area contributed by atoms with E-state index in [9.17, 15) is 9.59 Å². The van der Waals surface area contributed by atoms with Crippen LogP contribution >= 0.6 is 0 Å². The molecule has 0 aliphatic carbocycles. The zero-order valence-corrected chi connectivity index (χ0v) is 11.6. The van der Waals surface area contributed by atoms with Crippen molar-refractivity contribution in [1.82, 2.24) is 10.2 Å². The Hall–Kier alpha value is -1.88. The molecular formula is C15H20N2O3. The van der Waals surface area contributed by atoms with Crippen molar-refractivity contribution in [1.29, 1.82) is 0 Å². The van der Waals surface area contributed by atoms with E-state index in [0.29, 0.717) is 13.1 Å². The van der Waals surface area contributed by atoms with Gasteiger partial charge in [0.15, 0.2) is 0 Å². The Morgan fingerprint density at radius 3 is 2.85 bits per heavy atom. The molecule has 5 nitrogen and oxygen atoms in total. The SMILES string of the molecule is CCN(CCC(=O)O)C(=O)C1CNCc2ccccc21. The zero-order chi connectivity index (χ0) is 14.5. The van der Waals surface area contributed by atoms with Crippen LogP contribution in [0.15, 0.2) is 24.3 Å². The number of hydrogen-bond acceptors (Lipinski definition) is 3. The summed E-state index contributed by atoms with van der Waals surface area (Å²) in [7, 11) is 0. The van der Waals surface area contributed by atoms with Crippen LogP contribution in [0.25, 0.3) is 0 Å². The van der Waals surface area contributed by atoms with E-state index in [4.69, 9.17) is 5.11 Å². The molecule has 2 N–H and O–H groups in total. The summed E-state index contributed by atoms with van der Waals surface area (Å²) in [6, 6.07) is 7.92. The Balaban J connectivity index is 2.14. The third kappa shape index (κ3) is 3.17. The molecule has 1 aliphatic heterocycles. The minimum absolute atomic E-state index is 0.00778. The fourth-order valence-corrected chi connectivity index (χ4v) is 2.59. The minimum atomic E-state index is -0.876. The summed E-state index contributed by atoms with van der Waals surface area (Å²) in [6.07, 6.45) is -0.0125. The first-order chi connectivity index (χ1) is 9.63. The van der Waals surface area contributed by atoms with E-state index in [1.54, 1.807) is 4.90 Å². The number of aliphatic carboxylic acids is 1. The zero-order valence-electron chi connectivity index (χ0n) is 11.6. The monoisotopic (exact) mass is 276 g/mol. The molecule has 0 saturated heterocycles. The van der Waals surface area contributed by atoms with Crippen molar-refractivity contribution < 1.29 is 14.7 Å². The van der Waals surface area contributed by atoms with Crippen LogP contribution in [0.1, 0.15) is 30.4 Å². The number of likely N-dealkylation sites (N-methyl/N-ethyl adjacent to an activating group) is 1. The lowest BCUT2D eigenvalue weighted by Gasteiger charge is -2.30. The van der Waals surface area contributed by atoms with Gasteiger partial charge in [0.25, 0.3) is 0 Å². The van der Waals surface area contributed by atoms with Crippen molar-refractivity contribution in [3.63, 3.8) is 0 Å². The van der Waals surface area contributed by atoms with E-state index in [1.807, 2.05) is 31.2 Å². The number of carboxylic acid groups (broad SMARTS) is 1. The average molecular weight is 276 g/mol. The maximum atomic E-state index is 12.6. The van der Waals surface area contributed by atoms with Gasteiger partial charge in [0, 0.05) is 26.2 Å². The molecule has 1 aromatic carbocycles. The molecule has 1 atom stereocenters. The van der Waals surface area contributed by atoms with Crippen molar-refractivity contribution in [2.75, 3.05) is 19.6 Å². The summed E-state index contributed by atoms with van der Waals surface area (Å²) in [6.45, 7) is 4.07. The normalized spacial score (nSPS) is 17.4. The van der Waals surface area contributed by atoms with Crippen LogP contribution < -0.4 is 5.32 Å². The molecule has 1 amide bonds. The number of hydrogen-bond donors (Lipinski definition) is 2. The highest BCUT2D eigenvalue weighted by Gasteiger charge is 2.29. The van der Waals surface area contributed by atoms with Crippen LogP contribution in [0.2, 0.25) is 0 Å². The van der Waals surface area contributed by atoms with Crippen molar-refractivity contribution >= 4 is 11.9 Å². The second kappa shape index (κ2) is 6.52. The summed E-state index contributed by atoms with van der Waals surface area (Å²) in [4.78, 5) is 24.9. The van der Waals surface area contributed by atoms with Crippen molar-refractivity contribution in [3.05, 3.63) is 35.4 Å². The van der Waals surface area contributed by atoms with E-state index in [2.05, 4.69) is 5.32 Å². The largest absolute Gasteiger partial charge is 0.481 e. The smallest absolute Gasteiger partial charge is 0.305 e. The highest BCUT2D eigenvalue weighted by atomic mass is 16.4. The van der Waals surface area contributed by atoms with E-state index in [1.165, 1.54) is 0 Å². The van der Waals surface area contributed by atoms with Gasteiger partial charge < -0.3 is 15.3 Å². The summed E-state index contributed by atoms with van der Waals surface area (Å²) < 4.78 is 0. The first kappa shape index (κ1) is 14.5. The molecule has 108 valence electrons. The van der Waals surface area contributed by atoms with Gasteiger partial charge in [-0.1, -0.05) is 24.3 Å². The van der Waals surface area contributed by atoms with Gasteiger partial charge in [0.2, 0.25) is 5.91 Å². The highest BCUT2D eigenvalue weighted by molar-refractivity contribution is 5.85. The van der Waals surface area contributed by atoms with E-state index < -0.39 is 5.97 Å². The van der Waals surface area contributed by atoms with Crippen LogP contribution in [-0.4, -0.2) is 41.5 Å². The lowest BCUT2D eigenvalue weighted by molar-refractivity contribution is -0.138. The van der Waals surface area contributed by atoms with Crippen LogP contribution in [0.5, 0.6) is 0 Å². The van der Waals surface area contributed by atoms with Gasteiger partial charge in [0.1, 0.15) is 0 Å². The number of carboxylic acids is 1. The van der Waals surface area contributed by atoms with E-state index in [0.717, 1.165) is 17.7 Å². The standard InChI is InChI=1S/C15H20N2O3/c1-2-17(8-7-14(18)19)15(20)13-10-16-9-11-5-3-4-6-12(11)13/h3-6,13,16H,2,7-10H2,1H3,(H,18,19). The maximum Gasteiger partial charge on any atom is 0.305 e. The molecule has 1 heterocycles. The molecule has 0 aromatic heterocycles. The Bertz CT molecular complexity index is 502. The number of benzene rings is 1. The van der Waals surface area contributed by atoms with Crippen LogP contribution in [0.3, 0.4) is 0 Å². The van der Waals surface area contributed by atoms with Crippen LogP contribution in [0, 0.1) is 0 Å². The number of fused-ring (bicyclic) bond motifs is 1.